The highest BCUT2D eigenvalue weighted by atomic mass is 32.1. The Balaban J connectivity index is 2.01. The number of benzene rings is 1. The fourth-order valence-electron chi connectivity index (χ4n) is 2.05. The molecule has 1 unspecified atom stereocenters. The van der Waals surface area contributed by atoms with E-state index in [0.29, 0.717) is 22.7 Å². The molecular weight excluding hydrogens is 314 g/mol. The first-order valence-electron chi connectivity index (χ1n) is 7.32. The predicted octanol–water partition coefficient (Wildman–Crippen LogP) is 2.90. The molecule has 0 bridgehead atoms. The van der Waals surface area contributed by atoms with Crippen LogP contribution < -0.4 is 5.32 Å². The molecule has 0 aliphatic heterocycles. The molecule has 1 N–H and O–H groups in total. The lowest BCUT2D eigenvalue weighted by Crippen LogP contribution is -2.30. The Hall–Kier alpha value is -2.28. The van der Waals surface area contributed by atoms with Crippen LogP contribution >= 0.6 is 11.5 Å². The van der Waals surface area contributed by atoms with Crippen molar-refractivity contribution in [2.45, 2.75) is 40.2 Å². The van der Waals surface area contributed by atoms with Crippen LogP contribution in [-0.4, -0.2) is 27.6 Å². The average molecular weight is 333 g/mol. The largest absolute Gasteiger partial charge is 0.448 e. The molecule has 1 heterocycles. The average Bonchev–Trinajstić information content (AvgIpc) is 2.98. The van der Waals surface area contributed by atoms with Gasteiger partial charge >= 0.3 is 5.97 Å². The maximum absolute atomic E-state index is 12.2. The van der Waals surface area contributed by atoms with E-state index >= 15 is 0 Å². The molecule has 23 heavy (non-hydrogen) atoms. The van der Waals surface area contributed by atoms with Crippen molar-refractivity contribution >= 4 is 29.1 Å². The molecule has 0 saturated carbocycles. The van der Waals surface area contributed by atoms with Gasteiger partial charge in [-0.05, 0) is 50.4 Å². The van der Waals surface area contributed by atoms with Gasteiger partial charge in [-0.2, -0.15) is 0 Å². The van der Waals surface area contributed by atoms with Crippen LogP contribution in [-0.2, 0) is 16.0 Å². The summed E-state index contributed by atoms with van der Waals surface area (Å²) in [6.45, 7) is 7.31. The van der Waals surface area contributed by atoms with E-state index in [1.165, 1.54) is 6.92 Å². The molecule has 2 rings (SSSR count). The second kappa shape index (κ2) is 7.32. The van der Waals surface area contributed by atoms with Crippen LogP contribution in [0.25, 0.3) is 0 Å². The molecule has 1 aromatic carbocycles. The SMILES string of the molecule is CCc1nnsc1C(=O)OC(C)C(=O)Nc1ccc(C)cc1C. The Labute approximate surface area is 139 Å². The van der Waals surface area contributed by atoms with Crippen LogP contribution in [0.15, 0.2) is 18.2 Å². The zero-order chi connectivity index (χ0) is 17.0. The highest BCUT2D eigenvalue weighted by molar-refractivity contribution is 7.07. The third kappa shape index (κ3) is 4.13. The standard InChI is InChI=1S/C16H19N3O3S/c1-5-12-14(23-19-18-12)16(21)22-11(4)15(20)17-13-7-6-9(2)8-10(13)3/h6-8,11H,5H2,1-4H3,(H,17,20). The number of rotatable bonds is 5. The van der Waals surface area contributed by atoms with Crippen LogP contribution in [0.1, 0.15) is 40.3 Å². The fourth-order valence-corrected chi connectivity index (χ4v) is 2.68. The van der Waals surface area contributed by atoms with Gasteiger partial charge in [0.15, 0.2) is 11.0 Å². The number of nitrogens with zero attached hydrogens (tertiary/aromatic N) is 2. The van der Waals surface area contributed by atoms with Crippen molar-refractivity contribution in [3.8, 4) is 0 Å². The van der Waals surface area contributed by atoms with Crippen LogP contribution in [0, 0.1) is 13.8 Å². The third-order valence-electron chi connectivity index (χ3n) is 3.37. The lowest BCUT2D eigenvalue weighted by molar-refractivity contribution is -0.123. The summed E-state index contributed by atoms with van der Waals surface area (Å²) in [6.07, 6.45) is -0.320. The minimum atomic E-state index is -0.907. The Bertz CT molecular complexity index is 727. The number of carbonyl (C=O) groups is 2. The van der Waals surface area contributed by atoms with E-state index in [-0.39, 0.29) is 5.91 Å². The molecule has 0 fully saturated rings. The van der Waals surface area contributed by atoms with Gasteiger partial charge in [0.25, 0.3) is 5.91 Å². The van der Waals surface area contributed by atoms with E-state index in [4.69, 9.17) is 4.74 Å². The number of anilines is 1. The molecule has 0 saturated heterocycles. The summed E-state index contributed by atoms with van der Waals surface area (Å²) in [5.41, 5.74) is 3.36. The molecular formula is C16H19N3O3S. The first-order chi connectivity index (χ1) is 10.9. The Morgan fingerprint density at radius 1 is 1.35 bits per heavy atom. The number of amides is 1. The lowest BCUT2D eigenvalue weighted by atomic mass is 10.1. The monoisotopic (exact) mass is 333 g/mol. The number of carbonyl (C=O) groups excluding carboxylic acids is 2. The van der Waals surface area contributed by atoms with Gasteiger partial charge in [-0.15, -0.1) is 5.10 Å². The highest BCUT2D eigenvalue weighted by Crippen LogP contribution is 2.17. The molecule has 2 aromatic rings. The fraction of sp³-hybridized carbons (Fsp3) is 0.375. The van der Waals surface area contributed by atoms with Gasteiger partial charge in [-0.1, -0.05) is 29.1 Å². The topological polar surface area (TPSA) is 81.2 Å². The number of hydrogen-bond acceptors (Lipinski definition) is 6. The first-order valence-corrected chi connectivity index (χ1v) is 8.10. The number of aromatic nitrogens is 2. The van der Waals surface area contributed by atoms with Crippen LogP contribution in [0.4, 0.5) is 5.69 Å². The summed E-state index contributed by atoms with van der Waals surface area (Å²) >= 11 is 0.977. The van der Waals surface area contributed by atoms with Crippen LogP contribution in [0.2, 0.25) is 0 Å². The third-order valence-corrected chi connectivity index (χ3v) is 4.12. The molecule has 1 amide bonds. The van der Waals surface area contributed by atoms with Gasteiger partial charge in [0.1, 0.15) is 0 Å². The second-order valence-electron chi connectivity index (χ2n) is 5.26. The second-order valence-corrected chi connectivity index (χ2v) is 6.01. The minimum absolute atomic E-state index is 0.346. The van der Waals surface area contributed by atoms with E-state index in [0.717, 1.165) is 22.7 Å². The quantitative estimate of drug-likeness (QED) is 0.851. The van der Waals surface area contributed by atoms with Crippen molar-refractivity contribution in [3.63, 3.8) is 0 Å². The summed E-state index contributed by atoms with van der Waals surface area (Å²) in [5.74, 6) is -0.944. The van der Waals surface area contributed by atoms with Gasteiger partial charge < -0.3 is 10.1 Å². The summed E-state index contributed by atoms with van der Waals surface area (Å²) in [4.78, 5) is 24.6. The Morgan fingerprint density at radius 3 is 2.74 bits per heavy atom. The molecule has 1 aromatic heterocycles. The molecule has 0 radical (unpaired) electrons. The molecule has 0 spiro atoms. The van der Waals surface area contributed by atoms with Gasteiger partial charge in [0, 0.05) is 5.69 Å². The van der Waals surface area contributed by atoms with Crippen molar-refractivity contribution in [2.75, 3.05) is 5.32 Å². The predicted molar refractivity (Wildman–Crippen MR) is 88.7 cm³/mol. The van der Waals surface area contributed by atoms with Crippen LogP contribution in [0.5, 0.6) is 0 Å². The lowest BCUT2D eigenvalue weighted by Gasteiger charge is -2.14. The maximum Gasteiger partial charge on any atom is 0.352 e. The number of aryl methyl sites for hydroxylation is 3. The molecule has 122 valence electrons. The number of hydrogen-bond donors (Lipinski definition) is 1. The van der Waals surface area contributed by atoms with Crippen molar-refractivity contribution in [1.29, 1.82) is 0 Å². The number of ether oxygens (including phenoxy) is 1. The highest BCUT2D eigenvalue weighted by Gasteiger charge is 2.23. The molecule has 0 aliphatic rings. The van der Waals surface area contributed by atoms with Crippen molar-refractivity contribution in [3.05, 3.63) is 39.9 Å². The minimum Gasteiger partial charge on any atom is -0.448 e. The van der Waals surface area contributed by atoms with E-state index < -0.39 is 12.1 Å². The summed E-state index contributed by atoms with van der Waals surface area (Å²) in [6, 6.07) is 5.72. The van der Waals surface area contributed by atoms with Crippen molar-refractivity contribution in [2.24, 2.45) is 0 Å². The summed E-state index contributed by atoms with van der Waals surface area (Å²) < 4.78 is 8.96. The maximum atomic E-state index is 12.2. The molecule has 6 nitrogen and oxygen atoms in total. The molecule has 0 aliphatic carbocycles. The van der Waals surface area contributed by atoms with Gasteiger partial charge in [-0.3, -0.25) is 4.79 Å². The zero-order valence-electron chi connectivity index (χ0n) is 13.5. The normalized spacial score (nSPS) is 11.8. The van der Waals surface area contributed by atoms with E-state index in [9.17, 15) is 9.59 Å². The van der Waals surface area contributed by atoms with Gasteiger partial charge in [0.2, 0.25) is 0 Å². The number of nitrogens with one attached hydrogen (secondary N) is 1. The van der Waals surface area contributed by atoms with E-state index in [1.54, 1.807) is 0 Å². The zero-order valence-corrected chi connectivity index (χ0v) is 14.4. The first kappa shape index (κ1) is 17.1. The summed E-state index contributed by atoms with van der Waals surface area (Å²) in [7, 11) is 0. The van der Waals surface area contributed by atoms with Gasteiger partial charge in [-0.25, -0.2) is 4.79 Å². The van der Waals surface area contributed by atoms with Crippen molar-refractivity contribution < 1.29 is 14.3 Å². The van der Waals surface area contributed by atoms with Gasteiger partial charge in [0.05, 0.1) is 5.69 Å². The molecule has 1 atom stereocenters. The van der Waals surface area contributed by atoms with E-state index in [1.807, 2.05) is 39.0 Å². The smallest absolute Gasteiger partial charge is 0.352 e. The van der Waals surface area contributed by atoms with E-state index in [2.05, 4.69) is 14.9 Å². The number of esters is 1. The van der Waals surface area contributed by atoms with Crippen molar-refractivity contribution in [1.82, 2.24) is 9.59 Å². The Morgan fingerprint density at radius 2 is 2.09 bits per heavy atom. The molecule has 7 heteroatoms. The van der Waals surface area contributed by atoms with Crippen LogP contribution in [0.3, 0.4) is 0 Å². The summed E-state index contributed by atoms with van der Waals surface area (Å²) in [5, 5.41) is 6.64. The Kier molecular flexibility index (Phi) is 5.44.